The quantitative estimate of drug-likeness (QED) is 0.827. The molecule has 1 N–H and O–H groups in total. The Kier molecular flexibility index (Phi) is 3.33. The van der Waals surface area contributed by atoms with Crippen LogP contribution in [0.5, 0.6) is 0 Å². The van der Waals surface area contributed by atoms with Gasteiger partial charge in [0.2, 0.25) is 0 Å². The first-order valence-corrected chi connectivity index (χ1v) is 6.76. The van der Waals surface area contributed by atoms with Gasteiger partial charge in [-0.2, -0.15) is 0 Å². The van der Waals surface area contributed by atoms with Gasteiger partial charge in [-0.15, -0.1) is 0 Å². The summed E-state index contributed by atoms with van der Waals surface area (Å²) in [5.41, 5.74) is 1.06. The molecule has 0 amide bonds. The molecule has 3 rings (SSSR count). The number of hydrogen-bond acceptors (Lipinski definition) is 3. The highest BCUT2D eigenvalue weighted by atomic mass is 16.5. The third-order valence-corrected chi connectivity index (χ3v) is 4.23. The Labute approximate surface area is 108 Å². The maximum absolute atomic E-state index is 12.2. The van der Waals surface area contributed by atoms with E-state index in [1.54, 1.807) is 0 Å². The fourth-order valence-electron chi connectivity index (χ4n) is 3.29. The number of carbonyl (C=O) groups excluding carboxylic acids is 1. The number of piperidine rings is 1. The average molecular weight is 245 g/mol. The fraction of sp³-hybridized carbons (Fsp3) is 0.533. The van der Waals surface area contributed by atoms with Gasteiger partial charge in [-0.3, -0.25) is 4.79 Å². The largest absolute Gasteiger partial charge is 0.461 e. The highest BCUT2D eigenvalue weighted by Gasteiger charge is 2.44. The zero-order valence-corrected chi connectivity index (χ0v) is 10.5. The molecule has 2 bridgehead atoms. The second-order valence-electron chi connectivity index (χ2n) is 5.37. The molecule has 1 heterocycles. The van der Waals surface area contributed by atoms with Gasteiger partial charge in [-0.25, -0.2) is 0 Å². The molecule has 1 aromatic carbocycles. The van der Waals surface area contributed by atoms with E-state index in [4.69, 9.17) is 4.74 Å². The van der Waals surface area contributed by atoms with Crippen LogP contribution in [-0.4, -0.2) is 19.1 Å². The van der Waals surface area contributed by atoms with E-state index in [0.717, 1.165) is 18.7 Å². The zero-order chi connectivity index (χ0) is 12.4. The maximum Gasteiger partial charge on any atom is 0.309 e. The monoisotopic (exact) mass is 245 g/mol. The molecule has 2 aliphatic rings. The predicted molar refractivity (Wildman–Crippen MR) is 68.8 cm³/mol. The lowest BCUT2D eigenvalue weighted by atomic mass is 9.86. The minimum Gasteiger partial charge on any atom is -0.461 e. The van der Waals surface area contributed by atoms with Crippen LogP contribution in [0.4, 0.5) is 0 Å². The van der Waals surface area contributed by atoms with Gasteiger partial charge in [0, 0.05) is 0 Å². The van der Waals surface area contributed by atoms with Gasteiger partial charge >= 0.3 is 5.97 Å². The summed E-state index contributed by atoms with van der Waals surface area (Å²) in [6.07, 6.45) is 2.34. The van der Waals surface area contributed by atoms with E-state index in [0.29, 0.717) is 18.4 Å². The molecule has 18 heavy (non-hydrogen) atoms. The average Bonchev–Trinajstić information content (AvgIpc) is 2.67. The smallest absolute Gasteiger partial charge is 0.309 e. The number of esters is 1. The van der Waals surface area contributed by atoms with Crippen LogP contribution >= 0.6 is 0 Å². The topological polar surface area (TPSA) is 38.3 Å². The molecule has 96 valence electrons. The Hall–Kier alpha value is -1.35. The lowest BCUT2D eigenvalue weighted by Gasteiger charge is -2.28. The van der Waals surface area contributed by atoms with Crippen molar-refractivity contribution < 1.29 is 9.53 Å². The van der Waals surface area contributed by atoms with Crippen molar-refractivity contribution in [3.63, 3.8) is 0 Å². The van der Waals surface area contributed by atoms with Crippen molar-refractivity contribution >= 4 is 5.97 Å². The molecule has 2 atom stereocenters. The molecule has 1 saturated heterocycles. The minimum absolute atomic E-state index is 0.00727. The Morgan fingerprint density at radius 1 is 1.17 bits per heavy atom. The predicted octanol–water partition coefficient (Wildman–Crippen LogP) is 1.98. The third kappa shape index (κ3) is 2.27. The summed E-state index contributed by atoms with van der Waals surface area (Å²) in [6.45, 7) is 2.35. The van der Waals surface area contributed by atoms with Crippen LogP contribution in [0, 0.1) is 17.8 Å². The lowest BCUT2D eigenvalue weighted by Crippen LogP contribution is -2.42. The number of carbonyl (C=O) groups is 1. The second kappa shape index (κ2) is 5.11. The van der Waals surface area contributed by atoms with Crippen LogP contribution in [0.2, 0.25) is 0 Å². The number of nitrogens with one attached hydrogen (secondary N) is 1. The molecular weight excluding hydrogens is 226 g/mol. The van der Waals surface area contributed by atoms with Gasteiger partial charge in [0.1, 0.15) is 6.61 Å². The van der Waals surface area contributed by atoms with Gasteiger partial charge in [0.05, 0.1) is 5.92 Å². The van der Waals surface area contributed by atoms with Gasteiger partial charge in [0.25, 0.3) is 0 Å². The normalized spacial score (nSPS) is 30.1. The van der Waals surface area contributed by atoms with E-state index in [1.165, 1.54) is 12.8 Å². The van der Waals surface area contributed by atoms with Gasteiger partial charge in [-0.05, 0) is 43.3 Å². The van der Waals surface area contributed by atoms with Crippen LogP contribution in [0.1, 0.15) is 18.4 Å². The number of ether oxygens (including phenoxy) is 1. The van der Waals surface area contributed by atoms with E-state index in [2.05, 4.69) is 5.32 Å². The van der Waals surface area contributed by atoms with E-state index >= 15 is 0 Å². The SMILES string of the molecule is O=C(OCc1ccccc1)C1C2CCC1CNC2. The number of benzene rings is 1. The van der Waals surface area contributed by atoms with Crippen molar-refractivity contribution in [2.45, 2.75) is 19.4 Å². The Bertz CT molecular complexity index is 402. The Morgan fingerprint density at radius 2 is 1.83 bits per heavy atom. The van der Waals surface area contributed by atoms with Crippen LogP contribution in [-0.2, 0) is 16.1 Å². The van der Waals surface area contributed by atoms with E-state index in [1.807, 2.05) is 30.3 Å². The molecule has 0 aromatic heterocycles. The molecule has 3 heteroatoms. The summed E-state index contributed by atoms with van der Waals surface area (Å²) in [6, 6.07) is 9.89. The summed E-state index contributed by atoms with van der Waals surface area (Å²) in [4.78, 5) is 12.2. The van der Waals surface area contributed by atoms with Gasteiger partial charge in [0.15, 0.2) is 0 Å². The van der Waals surface area contributed by atoms with Crippen LogP contribution < -0.4 is 5.32 Å². The van der Waals surface area contributed by atoms with Crippen molar-refractivity contribution in [1.29, 1.82) is 0 Å². The molecule has 1 aromatic rings. The minimum atomic E-state index is 0.00727. The van der Waals surface area contributed by atoms with E-state index in [9.17, 15) is 4.79 Å². The Morgan fingerprint density at radius 3 is 2.50 bits per heavy atom. The van der Waals surface area contributed by atoms with E-state index in [-0.39, 0.29) is 11.9 Å². The first kappa shape index (κ1) is 11.7. The standard InChI is InChI=1S/C15H19NO2/c17-15(18-10-11-4-2-1-3-5-11)14-12-6-7-13(14)9-16-8-12/h1-5,12-14,16H,6-10H2. The van der Waals surface area contributed by atoms with Crippen molar-refractivity contribution in [3.8, 4) is 0 Å². The van der Waals surface area contributed by atoms with E-state index < -0.39 is 0 Å². The molecule has 2 fully saturated rings. The summed E-state index contributed by atoms with van der Waals surface area (Å²) in [5, 5.41) is 3.40. The first-order valence-electron chi connectivity index (χ1n) is 6.76. The summed E-state index contributed by atoms with van der Waals surface area (Å²) in [7, 11) is 0. The maximum atomic E-state index is 12.2. The van der Waals surface area contributed by atoms with Gasteiger partial charge < -0.3 is 10.1 Å². The summed E-state index contributed by atoms with van der Waals surface area (Å²) < 4.78 is 5.48. The fourth-order valence-corrected chi connectivity index (χ4v) is 3.29. The molecule has 1 aliphatic heterocycles. The van der Waals surface area contributed by atoms with Gasteiger partial charge in [-0.1, -0.05) is 30.3 Å². The van der Waals surface area contributed by atoms with Crippen molar-refractivity contribution in [2.75, 3.05) is 13.1 Å². The number of hydrogen-bond donors (Lipinski definition) is 1. The zero-order valence-electron chi connectivity index (χ0n) is 10.5. The number of rotatable bonds is 3. The third-order valence-electron chi connectivity index (χ3n) is 4.23. The summed E-state index contributed by atoms with van der Waals surface area (Å²) >= 11 is 0. The molecule has 1 saturated carbocycles. The molecule has 3 nitrogen and oxygen atoms in total. The summed E-state index contributed by atoms with van der Waals surface area (Å²) in [5.74, 6) is 1.13. The first-order chi connectivity index (χ1) is 8.84. The van der Waals surface area contributed by atoms with Crippen molar-refractivity contribution in [3.05, 3.63) is 35.9 Å². The molecular formula is C15H19NO2. The highest BCUT2D eigenvalue weighted by molar-refractivity contribution is 5.74. The second-order valence-corrected chi connectivity index (χ2v) is 5.37. The van der Waals surface area contributed by atoms with Crippen LogP contribution in [0.25, 0.3) is 0 Å². The molecule has 1 aliphatic carbocycles. The van der Waals surface area contributed by atoms with Crippen LogP contribution in [0.3, 0.4) is 0 Å². The number of fused-ring (bicyclic) bond motifs is 2. The molecule has 0 spiro atoms. The van der Waals surface area contributed by atoms with Crippen molar-refractivity contribution in [2.24, 2.45) is 17.8 Å². The Balaban J connectivity index is 1.59. The highest BCUT2D eigenvalue weighted by Crippen LogP contribution is 2.39. The molecule has 2 unspecified atom stereocenters. The van der Waals surface area contributed by atoms with Crippen LogP contribution in [0.15, 0.2) is 30.3 Å². The lowest BCUT2D eigenvalue weighted by molar-refractivity contribution is -0.153. The molecule has 0 radical (unpaired) electrons. The van der Waals surface area contributed by atoms with Crippen molar-refractivity contribution in [1.82, 2.24) is 5.32 Å².